The molecule has 2 atom stereocenters. The predicted octanol–water partition coefficient (Wildman–Crippen LogP) is 4.18. The average Bonchev–Trinajstić information content (AvgIpc) is 3.00. The van der Waals surface area contributed by atoms with Crippen LogP contribution in [0.15, 0.2) is 12.2 Å². The first-order chi connectivity index (χ1) is 20.6. The highest BCUT2D eigenvalue weighted by Crippen LogP contribution is 2.12. The van der Waals surface area contributed by atoms with Gasteiger partial charge >= 0.3 is 0 Å². The SMILES string of the molecule is C=C(C)C1CN(CC)CCN(CC)CCN(CC)CCN1CC.CCN(CC)CCN(CC)CC(C(C)=O)N(CC)CC. The van der Waals surface area contributed by atoms with Gasteiger partial charge in [-0.3, -0.25) is 14.6 Å². The van der Waals surface area contributed by atoms with Gasteiger partial charge in [0, 0.05) is 71.5 Å². The summed E-state index contributed by atoms with van der Waals surface area (Å²) in [5.74, 6) is 0.287. The molecule has 0 spiro atoms. The number of likely N-dealkylation sites (N-methyl/N-ethyl adjacent to an activating group) is 7. The van der Waals surface area contributed by atoms with Gasteiger partial charge in [0.2, 0.25) is 0 Å². The van der Waals surface area contributed by atoms with Crippen LogP contribution in [-0.4, -0.2) is 177 Å². The molecule has 1 aliphatic heterocycles. The summed E-state index contributed by atoms with van der Waals surface area (Å²) in [6, 6.07) is 0.523. The first-order valence-corrected chi connectivity index (χ1v) is 17.8. The summed E-state index contributed by atoms with van der Waals surface area (Å²) in [5.41, 5.74) is 1.30. The molecule has 2 unspecified atom stereocenters. The number of hydrogen-bond donors (Lipinski definition) is 0. The van der Waals surface area contributed by atoms with Crippen molar-refractivity contribution in [3.05, 3.63) is 12.2 Å². The van der Waals surface area contributed by atoms with Gasteiger partial charge < -0.3 is 24.5 Å². The monoisotopic (exact) mass is 610 g/mol. The average molecular weight is 610 g/mol. The van der Waals surface area contributed by atoms with E-state index < -0.39 is 0 Å². The zero-order valence-corrected chi connectivity index (χ0v) is 30.8. The van der Waals surface area contributed by atoms with Crippen LogP contribution in [0.2, 0.25) is 0 Å². The molecule has 0 N–H and O–H groups in total. The van der Waals surface area contributed by atoms with Crippen molar-refractivity contribution in [2.45, 2.75) is 88.2 Å². The van der Waals surface area contributed by atoms with E-state index in [4.69, 9.17) is 0 Å². The van der Waals surface area contributed by atoms with Gasteiger partial charge in [-0.2, -0.15) is 0 Å². The number of Topliss-reactive ketones (excluding diaryl/α,β-unsaturated/α-hetero) is 1. The second-order valence-electron chi connectivity index (χ2n) is 12.0. The van der Waals surface area contributed by atoms with E-state index in [9.17, 15) is 4.79 Å². The summed E-state index contributed by atoms with van der Waals surface area (Å²) in [6.45, 7) is 48.9. The summed E-state index contributed by atoms with van der Waals surface area (Å²) in [5, 5.41) is 0. The van der Waals surface area contributed by atoms with E-state index in [2.05, 4.69) is 110 Å². The van der Waals surface area contributed by atoms with Gasteiger partial charge in [0.15, 0.2) is 0 Å². The number of carbonyl (C=O) groups is 1. The molecule has 1 rings (SSSR count). The lowest BCUT2D eigenvalue weighted by Crippen LogP contribution is -2.50. The molecule has 0 radical (unpaired) electrons. The fraction of sp³-hybridized carbons (Fsp3) is 0.914. The van der Waals surface area contributed by atoms with Crippen molar-refractivity contribution < 1.29 is 4.79 Å². The third-order valence-corrected chi connectivity index (χ3v) is 9.58. The number of rotatable bonds is 17. The van der Waals surface area contributed by atoms with E-state index in [0.29, 0.717) is 6.04 Å². The van der Waals surface area contributed by atoms with Gasteiger partial charge in [0.25, 0.3) is 0 Å². The Balaban J connectivity index is 0.000000830. The van der Waals surface area contributed by atoms with Crippen LogP contribution in [-0.2, 0) is 4.79 Å². The zero-order valence-electron chi connectivity index (χ0n) is 30.8. The van der Waals surface area contributed by atoms with Crippen LogP contribution in [0.25, 0.3) is 0 Å². The molecule has 0 aromatic carbocycles. The van der Waals surface area contributed by atoms with Crippen LogP contribution in [0.5, 0.6) is 0 Å². The Morgan fingerprint density at radius 3 is 1.47 bits per heavy atom. The number of carbonyl (C=O) groups excluding carboxylic acids is 1. The van der Waals surface area contributed by atoms with Crippen molar-refractivity contribution in [1.82, 2.24) is 34.3 Å². The van der Waals surface area contributed by atoms with E-state index in [0.717, 1.165) is 105 Å². The molecule has 0 amide bonds. The van der Waals surface area contributed by atoms with Crippen molar-refractivity contribution in [1.29, 1.82) is 0 Å². The highest BCUT2D eigenvalue weighted by atomic mass is 16.1. The number of nitrogens with zero attached hydrogens (tertiary/aromatic N) is 7. The summed E-state index contributed by atoms with van der Waals surface area (Å²) in [6.07, 6.45) is 0. The van der Waals surface area contributed by atoms with E-state index >= 15 is 0 Å². The molecule has 0 aromatic heterocycles. The molecule has 43 heavy (non-hydrogen) atoms. The minimum atomic E-state index is 0.0432. The molecule has 0 aromatic rings. The van der Waals surface area contributed by atoms with E-state index in [-0.39, 0.29) is 11.8 Å². The van der Waals surface area contributed by atoms with Crippen LogP contribution in [0.1, 0.15) is 76.2 Å². The van der Waals surface area contributed by atoms with Gasteiger partial charge in [-0.1, -0.05) is 74.5 Å². The highest BCUT2D eigenvalue weighted by Gasteiger charge is 2.24. The third kappa shape index (κ3) is 16.9. The Morgan fingerprint density at radius 2 is 1.09 bits per heavy atom. The second-order valence-corrected chi connectivity index (χ2v) is 12.0. The van der Waals surface area contributed by atoms with E-state index in [1.807, 2.05) is 0 Å². The molecule has 1 fully saturated rings. The van der Waals surface area contributed by atoms with Crippen molar-refractivity contribution in [2.75, 3.05) is 124 Å². The first-order valence-electron chi connectivity index (χ1n) is 17.8. The molecule has 0 bridgehead atoms. The minimum absolute atomic E-state index is 0.0432. The number of ketones is 1. The summed E-state index contributed by atoms with van der Waals surface area (Å²) in [4.78, 5) is 29.4. The molecule has 0 aliphatic carbocycles. The molecule has 0 saturated carbocycles. The molecule has 256 valence electrons. The zero-order chi connectivity index (χ0) is 32.8. The topological polar surface area (TPSA) is 39.8 Å². The second kappa shape index (κ2) is 25.3. The molecule has 1 saturated heterocycles. The van der Waals surface area contributed by atoms with Crippen molar-refractivity contribution in [2.24, 2.45) is 0 Å². The van der Waals surface area contributed by atoms with Gasteiger partial charge in [-0.05, 0) is 72.8 Å². The van der Waals surface area contributed by atoms with E-state index in [1.165, 1.54) is 25.2 Å². The highest BCUT2D eigenvalue weighted by molar-refractivity contribution is 5.81. The van der Waals surface area contributed by atoms with Crippen molar-refractivity contribution in [3.8, 4) is 0 Å². The van der Waals surface area contributed by atoms with Crippen molar-refractivity contribution >= 4 is 5.78 Å². The Kier molecular flexibility index (Phi) is 24.8. The maximum absolute atomic E-state index is 11.9. The predicted molar refractivity (Wildman–Crippen MR) is 189 cm³/mol. The molecular formula is C35H75N7O. The summed E-state index contributed by atoms with van der Waals surface area (Å²) in [7, 11) is 0. The lowest BCUT2D eigenvalue weighted by molar-refractivity contribution is -0.122. The lowest BCUT2D eigenvalue weighted by Gasteiger charge is -2.38. The van der Waals surface area contributed by atoms with Gasteiger partial charge in [-0.25, -0.2) is 0 Å². The Morgan fingerprint density at radius 1 is 0.651 bits per heavy atom. The van der Waals surface area contributed by atoms with Crippen LogP contribution in [0.4, 0.5) is 0 Å². The smallest absolute Gasteiger partial charge is 0.148 e. The molecule has 1 heterocycles. The Labute approximate surface area is 269 Å². The van der Waals surface area contributed by atoms with Gasteiger partial charge in [0.05, 0.1) is 6.04 Å². The maximum Gasteiger partial charge on any atom is 0.148 e. The Hall–Kier alpha value is -0.870. The largest absolute Gasteiger partial charge is 0.303 e. The number of hydrogen-bond acceptors (Lipinski definition) is 8. The van der Waals surface area contributed by atoms with Gasteiger partial charge in [-0.15, -0.1) is 0 Å². The Bertz CT molecular complexity index is 698. The van der Waals surface area contributed by atoms with Crippen LogP contribution < -0.4 is 0 Å². The summed E-state index contributed by atoms with van der Waals surface area (Å²) < 4.78 is 0. The summed E-state index contributed by atoms with van der Waals surface area (Å²) >= 11 is 0. The molecular weight excluding hydrogens is 534 g/mol. The third-order valence-electron chi connectivity index (χ3n) is 9.58. The minimum Gasteiger partial charge on any atom is -0.303 e. The molecule has 8 heteroatoms. The van der Waals surface area contributed by atoms with Gasteiger partial charge in [0.1, 0.15) is 5.78 Å². The van der Waals surface area contributed by atoms with Crippen LogP contribution >= 0.6 is 0 Å². The normalized spacial score (nSPS) is 19.6. The first kappa shape index (κ1) is 42.1. The van der Waals surface area contributed by atoms with Crippen molar-refractivity contribution in [3.63, 3.8) is 0 Å². The quantitative estimate of drug-likeness (QED) is 0.228. The molecule has 1 aliphatic rings. The maximum atomic E-state index is 11.9. The lowest BCUT2D eigenvalue weighted by atomic mass is 10.1. The van der Waals surface area contributed by atoms with Crippen LogP contribution in [0, 0.1) is 0 Å². The molecule has 8 nitrogen and oxygen atoms in total. The fourth-order valence-electron chi connectivity index (χ4n) is 6.04. The standard InChI is InChI=1S/C19H40N4.C16H35N3O/c1-7-20-11-12-21(8-2)15-16-23(10-4)19(18(5)6)17-22(9-3)14-13-20;1-7-17(8-2)12-13-18(9-3)14-16(15(6)20)19(10-4)11-5/h19H,5,7-17H2,1-4,6H3;16H,7-14H2,1-6H3. The fourth-order valence-corrected chi connectivity index (χ4v) is 6.04. The van der Waals surface area contributed by atoms with Crippen LogP contribution in [0.3, 0.4) is 0 Å². The van der Waals surface area contributed by atoms with E-state index in [1.54, 1.807) is 6.92 Å².